The quantitative estimate of drug-likeness (QED) is 0.227. The lowest BCUT2D eigenvalue weighted by atomic mass is 9.89. The van der Waals surface area contributed by atoms with Gasteiger partial charge in [0, 0.05) is 12.8 Å². The summed E-state index contributed by atoms with van der Waals surface area (Å²) in [6.45, 7) is 1.80. The molecule has 7 heteroatoms. The van der Waals surface area contributed by atoms with Crippen molar-refractivity contribution >= 4 is 5.91 Å². The van der Waals surface area contributed by atoms with Crippen LogP contribution in [0.2, 0.25) is 0 Å². The van der Waals surface area contributed by atoms with Gasteiger partial charge < -0.3 is 31.3 Å². The van der Waals surface area contributed by atoms with Crippen molar-refractivity contribution in [3.05, 3.63) is 0 Å². The van der Waals surface area contributed by atoms with Gasteiger partial charge in [-0.2, -0.15) is 0 Å². The maximum atomic E-state index is 11.1. The predicted octanol–water partition coefficient (Wildman–Crippen LogP) is -1.24. The van der Waals surface area contributed by atoms with Gasteiger partial charge in [-0.25, -0.2) is 0 Å². The van der Waals surface area contributed by atoms with Crippen LogP contribution in [0.25, 0.3) is 0 Å². The van der Waals surface area contributed by atoms with Crippen LogP contribution in [0.4, 0.5) is 0 Å². The smallest absolute Gasteiger partial charge is 0.275 e. The molecule has 0 aromatic carbocycles. The molecule has 0 saturated carbocycles. The summed E-state index contributed by atoms with van der Waals surface area (Å²) in [7, 11) is 0. The van der Waals surface area contributed by atoms with Crippen molar-refractivity contribution in [2.75, 3.05) is 0 Å². The maximum Gasteiger partial charge on any atom is 0.275 e. The van der Waals surface area contributed by atoms with Gasteiger partial charge in [-0.15, -0.1) is 0 Å². The molecule has 0 radical (unpaired) electrons. The Morgan fingerprint density at radius 2 is 1.61 bits per heavy atom. The van der Waals surface area contributed by atoms with Crippen molar-refractivity contribution in [1.82, 2.24) is 0 Å². The van der Waals surface area contributed by atoms with Crippen LogP contribution in [0.15, 0.2) is 0 Å². The third-order valence-corrected chi connectivity index (χ3v) is 2.79. The van der Waals surface area contributed by atoms with Gasteiger partial charge in [-0.1, -0.05) is 13.3 Å². The highest BCUT2D eigenvalue weighted by atomic mass is 16.7. The average Bonchev–Trinajstić information content (AvgIpc) is 2.19. The molecule has 1 unspecified atom stereocenters. The molecular formula is C11H23NO6. The molecule has 0 aromatic heterocycles. The molecule has 0 spiro atoms. The molecule has 7 nitrogen and oxygen atoms in total. The Bertz CT molecular complexity index is 261. The molecule has 0 aliphatic heterocycles. The van der Waals surface area contributed by atoms with E-state index in [2.05, 4.69) is 0 Å². The van der Waals surface area contributed by atoms with Crippen LogP contribution < -0.4 is 5.73 Å². The van der Waals surface area contributed by atoms with E-state index < -0.39 is 23.6 Å². The van der Waals surface area contributed by atoms with E-state index in [0.717, 1.165) is 0 Å². The van der Waals surface area contributed by atoms with Crippen LogP contribution in [0.1, 0.15) is 45.4 Å². The molecule has 7 N–H and O–H groups in total. The lowest BCUT2D eigenvalue weighted by Gasteiger charge is -2.29. The molecular weight excluding hydrogens is 242 g/mol. The van der Waals surface area contributed by atoms with Gasteiger partial charge in [0.2, 0.25) is 5.91 Å². The van der Waals surface area contributed by atoms with Gasteiger partial charge in [-0.05, 0) is 19.3 Å². The summed E-state index contributed by atoms with van der Waals surface area (Å²) in [5.41, 5.74) is 5.10. The number of aliphatic hydroxyl groups is 5. The van der Waals surface area contributed by atoms with E-state index in [1.807, 2.05) is 0 Å². The molecule has 1 atom stereocenters. The standard InChI is InChI=1S/C11H23NO6/c1-2-5-8(9(12)13)10(14,15)6-3-4-7-11(16,17)18/h8,14-18H,2-7H2,1H3,(H2,12,13). The minimum atomic E-state index is -2.75. The second-order valence-electron chi connectivity index (χ2n) is 4.60. The van der Waals surface area contributed by atoms with E-state index in [-0.39, 0.29) is 32.1 Å². The molecule has 108 valence electrons. The molecule has 0 aromatic rings. The Labute approximate surface area is 106 Å². The fraction of sp³-hybridized carbons (Fsp3) is 0.909. The molecule has 1 amide bonds. The van der Waals surface area contributed by atoms with Crippen LogP contribution >= 0.6 is 0 Å². The first kappa shape index (κ1) is 17.3. The Balaban J connectivity index is 4.23. The molecule has 0 bridgehead atoms. The zero-order chi connectivity index (χ0) is 14.4. The molecule has 0 aliphatic carbocycles. The summed E-state index contributed by atoms with van der Waals surface area (Å²) in [4.78, 5) is 11.1. The van der Waals surface area contributed by atoms with E-state index in [1.54, 1.807) is 6.92 Å². The third kappa shape index (κ3) is 6.87. The summed E-state index contributed by atoms with van der Waals surface area (Å²) in [6.07, 6.45) is 0.804. The summed E-state index contributed by atoms with van der Waals surface area (Å²) in [6, 6.07) is 0. The predicted molar refractivity (Wildman–Crippen MR) is 62.6 cm³/mol. The van der Waals surface area contributed by atoms with E-state index in [0.29, 0.717) is 6.42 Å². The Morgan fingerprint density at radius 3 is 2.00 bits per heavy atom. The number of nitrogens with two attached hydrogens (primary N) is 1. The molecule has 0 fully saturated rings. The Hall–Kier alpha value is -0.730. The summed E-state index contributed by atoms with van der Waals surface area (Å²) >= 11 is 0. The SMILES string of the molecule is CCCC(C(N)=O)C(O)(O)CCCCC(O)(O)O. The zero-order valence-electron chi connectivity index (χ0n) is 10.5. The van der Waals surface area contributed by atoms with E-state index in [4.69, 9.17) is 21.1 Å². The summed E-state index contributed by atoms with van der Waals surface area (Å²) in [5.74, 6) is -6.78. The van der Waals surface area contributed by atoms with Gasteiger partial charge in [0.25, 0.3) is 5.97 Å². The van der Waals surface area contributed by atoms with E-state index in [9.17, 15) is 15.0 Å². The first-order valence-electron chi connectivity index (χ1n) is 6.01. The molecule has 0 rings (SSSR count). The first-order valence-corrected chi connectivity index (χ1v) is 6.01. The normalized spacial score (nSPS) is 14.6. The summed E-state index contributed by atoms with van der Waals surface area (Å²) in [5, 5.41) is 45.5. The van der Waals surface area contributed by atoms with Gasteiger partial charge >= 0.3 is 0 Å². The summed E-state index contributed by atoms with van der Waals surface area (Å²) < 4.78 is 0. The molecule has 18 heavy (non-hydrogen) atoms. The van der Waals surface area contributed by atoms with Gasteiger partial charge in [0.15, 0.2) is 5.79 Å². The van der Waals surface area contributed by atoms with Crippen molar-refractivity contribution < 1.29 is 30.3 Å². The van der Waals surface area contributed by atoms with Crippen molar-refractivity contribution in [1.29, 1.82) is 0 Å². The van der Waals surface area contributed by atoms with Crippen LogP contribution in [-0.4, -0.2) is 43.2 Å². The second kappa shape index (κ2) is 7.01. The second-order valence-corrected chi connectivity index (χ2v) is 4.60. The topological polar surface area (TPSA) is 144 Å². The molecule has 0 saturated heterocycles. The lowest BCUT2D eigenvalue weighted by Crippen LogP contribution is -2.45. The monoisotopic (exact) mass is 265 g/mol. The van der Waals surface area contributed by atoms with Crippen molar-refractivity contribution in [3.8, 4) is 0 Å². The molecule has 0 aliphatic rings. The number of primary amides is 1. The van der Waals surface area contributed by atoms with Crippen molar-refractivity contribution in [2.45, 2.75) is 57.2 Å². The molecule has 0 heterocycles. The zero-order valence-corrected chi connectivity index (χ0v) is 10.5. The Kier molecular flexibility index (Phi) is 6.72. The van der Waals surface area contributed by atoms with Gasteiger partial charge in [0.05, 0.1) is 5.92 Å². The maximum absolute atomic E-state index is 11.1. The number of amides is 1. The van der Waals surface area contributed by atoms with Crippen LogP contribution in [0.5, 0.6) is 0 Å². The van der Waals surface area contributed by atoms with E-state index in [1.165, 1.54) is 0 Å². The lowest BCUT2D eigenvalue weighted by molar-refractivity contribution is -0.315. The van der Waals surface area contributed by atoms with Crippen LogP contribution in [0, 0.1) is 5.92 Å². The fourth-order valence-electron chi connectivity index (χ4n) is 1.81. The fourth-order valence-corrected chi connectivity index (χ4v) is 1.81. The largest absolute Gasteiger partial charge is 0.369 e. The highest BCUT2D eigenvalue weighted by Gasteiger charge is 2.37. The minimum absolute atomic E-state index is 0.128. The van der Waals surface area contributed by atoms with Crippen molar-refractivity contribution in [3.63, 3.8) is 0 Å². The Morgan fingerprint density at radius 1 is 1.11 bits per heavy atom. The van der Waals surface area contributed by atoms with Gasteiger partial charge in [0.1, 0.15) is 0 Å². The number of hydrogen-bond acceptors (Lipinski definition) is 6. The number of carbonyl (C=O) groups is 1. The third-order valence-electron chi connectivity index (χ3n) is 2.79. The number of carbonyl (C=O) groups excluding carboxylic acids is 1. The number of unbranched alkanes of at least 4 members (excludes halogenated alkanes) is 1. The highest BCUT2D eigenvalue weighted by Crippen LogP contribution is 2.26. The van der Waals surface area contributed by atoms with E-state index >= 15 is 0 Å². The first-order chi connectivity index (χ1) is 8.10. The van der Waals surface area contributed by atoms with Crippen molar-refractivity contribution in [2.24, 2.45) is 11.7 Å². The number of rotatable bonds is 9. The highest BCUT2D eigenvalue weighted by molar-refractivity contribution is 5.77. The van der Waals surface area contributed by atoms with Crippen LogP contribution in [-0.2, 0) is 4.79 Å². The van der Waals surface area contributed by atoms with Gasteiger partial charge in [-0.3, -0.25) is 4.79 Å². The minimum Gasteiger partial charge on any atom is -0.369 e. The average molecular weight is 265 g/mol. The number of hydrogen-bond donors (Lipinski definition) is 6. The van der Waals surface area contributed by atoms with Crippen LogP contribution in [0.3, 0.4) is 0 Å².